The second kappa shape index (κ2) is 15.1. The minimum atomic E-state index is -1.52. The van der Waals surface area contributed by atoms with Gasteiger partial charge in [0.25, 0.3) is 5.91 Å². The number of hydrogen-bond donors (Lipinski definition) is 2. The number of amides is 1. The van der Waals surface area contributed by atoms with Crippen molar-refractivity contribution in [3.05, 3.63) is 116 Å². The van der Waals surface area contributed by atoms with Crippen molar-refractivity contribution in [3.8, 4) is 5.75 Å². The summed E-state index contributed by atoms with van der Waals surface area (Å²) in [6, 6.07) is 21.6. The fourth-order valence-electron chi connectivity index (χ4n) is 5.09. The summed E-state index contributed by atoms with van der Waals surface area (Å²) in [6.45, 7) is 7.24. The smallest absolute Gasteiger partial charge is 0.252 e. The number of carbonyl (C=O) groups is 1. The van der Waals surface area contributed by atoms with E-state index in [1.165, 1.54) is 0 Å². The zero-order valence-corrected chi connectivity index (χ0v) is 25.8. The van der Waals surface area contributed by atoms with Gasteiger partial charge >= 0.3 is 0 Å². The van der Waals surface area contributed by atoms with Gasteiger partial charge in [-0.15, -0.1) is 0 Å². The number of nitrogens with zero attached hydrogens (tertiary/aromatic N) is 7. The molecule has 12 heteroatoms. The maximum absolute atomic E-state index is 14.5. The molecule has 0 aromatic heterocycles. The highest BCUT2D eigenvalue weighted by Crippen LogP contribution is 2.45. The average Bonchev–Trinajstić information content (AvgIpc) is 3.41. The van der Waals surface area contributed by atoms with Crippen LogP contribution in [0.25, 0.3) is 20.9 Å². The Bertz CT molecular complexity index is 1610. The largest absolute Gasteiger partial charge is 0.494 e. The zero-order valence-electron chi connectivity index (χ0n) is 25.8. The average molecular weight is 611 g/mol. The molecule has 1 aliphatic rings. The van der Waals surface area contributed by atoms with E-state index in [0.29, 0.717) is 42.1 Å². The predicted octanol–water partition coefficient (Wildman–Crippen LogP) is 7.25. The fraction of sp³-hybridized carbons (Fsp3) is 0.394. The lowest BCUT2D eigenvalue weighted by molar-refractivity contribution is -0.129. The second-order valence-corrected chi connectivity index (χ2v) is 11.9. The van der Waals surface area contributed by atoms with Gasteiger partial charge in [-0.3, -0.25) is 4.79 Å². The Morgan fingerprint density at radius 2 is 1.76 bits per heavy atom. The van der Waals surface area contributed by atoms with Gasteiger partial charge < -0.3 is 19.9 Å². The van der Waals surface area contributed by atoms with Crippen molar-refractivity contribution in [3.63, 3.8) is 0 Å². The summed E-state index contributed by atoms with van der Waals surface area (Å²) in [5.41, 5.74) is 19.8. The molecule has 3 aromatic rings. The molecule has 0 fully saturated rings. The van der Waals surface area contributed by atoms with Gasteiger partial charge in [0.15, 0.2) is 11.6 Å². The standard InChI is InChI=1S/C33H38N8O4/c1-32(2,3)17-18-36-31(43)33(21-24-9-4-5-10-25(24)22-37-40-34)29(27-11-6-7-12-28(27)39-41-35)45-30(38-33)23-13-15-26(16-14-23)44-20-8-19-42/h4-7,9-16,29,42H,8,17-22H2,1-3H3,(H,36,43)/t29-,33-/m1/s1. The van der Waals surface area contributed by atoms with Crippen molar-refractivity contribution < 1.29 is 19.4 Å². The second-order valence-electron chi connectivity index (χ2n) is 11.9. The van der Waals surface area contributed by atoms with Gasteiger partial charge in [0.1, 0.15) is 5.75 Å². The minimum Gasteiger partial charge on any atom is -0.494 e. The zero-order chi connectivity index (χ0) is 32.3. The van der Waals surface area contributed by atoms with Crippen LogP contribution in [-0.2, 0) is 22.5 Å². The van der Waals surface area contributed by atoms with Crippen LogP contribution in [0.4, 0.5) is 5.69 Å². The van der Waals surface area contributed by atoms with Gasteiger partial charge in [-0.1, -0.05) is 79.5 Å². The van der Waals surface area contributed by atoms with Crippen LogP contribution in [0, 0.1) is 5.41 Å². The van der Waals surface area contributed by atoms with Gasteiger partial charge in [-0.2, -0.15) is 0 Å². The Morgan fingerprint density at radius 1 is 1.04 bits per heavy atom. The topological polar surface area (TPSA) is 178 Å². The molecule has 234 valence electrons. The number of aliphatic imine (C=N–C) groups is 1. The van der Waals surface area contributed by atoms with Crippen LogP contribution in [0.2, 0.25) is 0 Å². The number of azide groups is 2. The predicted molar refractivity (Wildman–Crippen MR) is 172 cm³/mol. The molecule has 1 amide bonds. The van der Waals surface area contributed by atoms with Crippen LogP contribution < -0.4 is 10.1 Å². The first-order valence-electron chi connectivity index (χ1n) is 14.8. The van der Waals surface area contributed by atoms with E-state index in [1.54, 1.807) is 48.5 Å². The van der Waals surface area contributed by atoms with Crippen molar-refractivity contribution in [2.45, 2.75) is 58.2 Å². The Hall–Kier alpha value is -5.02. The SMILES string of the molecule is CC(C)(C)CCNC(=O)[C@]1(Cc2ccccc2CN=[N+]=[N-])N=C(c2ccc(OCCCO)cc2)O[C@@H]1c1ccccc1N=[N+]=[N-]. The molecule has 2 atom stereocenters. The van der Waals surface area contributed by atoms with Crippen LogP contribution in [0.1, 0.15) is 62.0 Å². The molecule has 0 aliphatic carbocycles. The number of carbonyl (C=O) groups excluding carboxylic acids is 1. The summed E-state index contributed by atoms with van der Waals surface area (Å²) in [7, 11) is 0. The molecule has 0 radical (unpaired) electrons. The van der Waals surface area contributed by atoms with E-state index in [9.17, 15) is 10.3 Å². The monoisotopic (exact) mass is 610 g/mol. The van der Waals surface area contributed by atoms with E-state index in [1.807, 2.05) is 24.3 Å². The summed E-state index contributed by atoms with van der Waals surface area (Å²) in [5, 5.41) is 19.9. The van der Waals surface area contributed by atoms with Crippen LogP contribution in [0.3, 0.4) is 0 Å². The maximum Gasteiger partial charge on any atom is 0.252 e. The normalized spacial score (nSPS) is 17.3. The highest BCUT2D eigenvalue weighted by atomic mass is 16.5. The number of ether oxygens (including phenoxy) is 2. The Kier molecular flexibility index (Phi) is 11.0. The van der Waals surface area contributed by atoms with Gasteiger partial charge in [-0.05, 0) is 58.3 Å². The van der Waals surface area contributed by atoms with Crippen LogP contribution in [0.15, 0.2) is 88.0 Å². The van der Waals surface area contributed by atoms with Gasteiger partial charge in [-0.25, -0.2) is 4.99 Å². The Balaban J connectivity index is 1.86. The molecule has 0 saturated heterocycles. The van der Waals surface area contributed by atoms with Crippen molar-refractivity contribution in [2.75, 3.05) is 19.8 Å². The Morgan fingerprint density at radius 3 is 2.44 bits per heavy atom. The molecule has 1 heterocycles. The third-order valence-corrected chi connectivity index (χ3v) is 7.44. The first kappa shape index (κ1) is 32.9. The number of aliphatic hydroxyl groups is 1. The van der Waals surface area contributed by atoms with Crippen molar-refractivity contribution >= 4 is 17.5 Å². The third kappa shape index (κ3) is 8.33. The van der Waals surface area contributed by atoms with Crippen molar-refractivity contribution in [1.29, 1.82) is 0 Å². The lowest BCUT2D eigenvalue weighted by Gasteiger charge is -2.32. The molecular weight excluding hydrogens is 572 g/mol. The quantitative estimate of drug-likeness (QED) is 0.0845. The van der Waals surface area contributed by atoms with Crippen LogP contribution >= 0.6 is 0 Å². The van der Waals surface area contributed by atoms with E-state index in [2.05, 4.69) is 46.1 Å². The molecule has 12 nitrogen and oxygen atoms in total. The first-order valence-corrected chi connectivity index (χ1v) is 14.8. The molecule has 2 N–H and O–H groups in total. The summed E-state index contributed by atoms with van der Waals surface area (Å²) >= 11 is 0. The molecule has 1 aliphatic heterocycles. The number of hydrogen-bond acceptors (Lipinski definition) is 7. The molecule has 45 heavy (non-hydrogen) atoms. The van der Waals surface area contributed by atoms with E-state index in [0.717, 1.165) is 17.5 Å². The van der Waals surface area contributed by atoms with Crippen LogP contribution in [0.5, 0.6) is 5.75 Å². The summed E-state index contributed by atoms with van der Waals surface area (Å²) in [6.07, 6.45) is 0.402. The highest BCUT2D eigenvalue weighted by Gasteiger charge is 2.54. The summed E-state index contributed by atoms with van der Waals surface area (Å²) < 4.78 is 12.3. The van der Waals surface area contributed by atoms with Crippen molar-refractivity contribution in [1.82, 2.24) is 5.32 Å². The van der Waals surface area contributed by atoms with E-state index in [4.69, 9.17) is 25.1 Å². The number of rotatable bonds is 14. The Labute approximate surface area is 262 Å². The molecular formula is C33H38N8O4. The third-order valence-electron chi connectivity index (χ3n) is 7.44. The lowest BCUT2D eigenvalue weighted by atomic mass is 9.80. The van der Waals surface area contributed by atoms with Gasteiger partial charge in [0.2, 0.25) is 5.90 Å². The minimum absolute atomic E-state index is 0.0164. The van der Waals surface area contributed by atoms with E-state index >= 15 is 0 Å². The molecule has 4 rings (SSSR count). The number of benzene rings is 3. The van der Waals surface area contributed by atoms with Gasteiger partial charge in [0, 0.05) is 52.6 Å². The molecule has 0 unspecified atom stereocenters. The molecule has 0 bridgehead atoms. The highest BCUT2D eigenvalue weighted by molar-refractivity contribution is 6.01. The van der Waals surface area contributed by atoms with E-state index < -0.39 is 11.6 Å². The van der Waals surface area contributed by atoms with Crippen molar-refractivity contribution in [2.24, 2.45) is 20.6 Å². The fourth-order valence-corrected chi connectivity index (χ4v) is 5.09. The molecule has 3 aromatic carbocycles. The first-order chi connectivity index (χ1) is 21.7. The molecule has 0 spiro atoms. The van der Waals surface area contributed by atoms with Crippen LogP contribution in [-0.4, -0.2) is 42.2 Å². The maximum atomic E-state index is 14.5. The van der Waals surface area contributed by atoms with E-state index in [-0.39, 0.29) is 36.8 Å². The lowest BCUT2D eigenvalue weighted by Crippen LogP contribution is -2.50. The summed E-state index contributed by atoms with van der Waals surface area (Å²) in [5.74, 6) is 0.524. The number of aliphatic hydroxyl groups excluding tert-OH is 1. The van der Waals surface area contributed by atoms with Gasteiger partial charge in [0.05, 0.1) is 13.2 Å². The summed E-state index contributed by atoms with van der Waals surface area (Å²) in [4.78, 5) is 25.5. The number of nitrogens with one attached hydrogen (secondary N) is 1. The molecule has 0 saturated carbocycles.